The summed E-state index contributed by atoms with van der Waals surface area (Å²) in [6.45, 7) is 4.39. The minimum absolute atomic E-state index is 0.186. The minimum atomic E-state index is -4.56. The Morgan fingerprint density at radius 1 is 0.976 bits per heavy atom. The third-order valence-electron chi connectivity index (χ3n) is 5.91. The molecule has 2 N–H and O–H groups in total. The van der Waals surface area contributed by atoms with Crippen LogP contribution in [0.15, 0.2) is 59.5 Å². The lowest BCUT2D eigenvalue weighted by Gasteiger charge is -2.24. The zero-order chi connectivity index (χ0) is 29.6. The Morgan fingerprint density at radius 2 is 1.68 bits per heavy atom. The molecule has 0 spiro atoms. The van der Waals surface area contributed by atoms with Crippen molar-refractivity contribution in [1.29, 1.82) is 0 Å². The van der Waals surface area contributed by atoms with Crippen molar-refractivity contribution >= 4 is 17.5 Å². The number of hydrogen-bond donors (Lipinski definition) is 2. The second-order valence-electron chi connectivity index (χ2n) is 9.16. The topological polar surface area (TPSA) is 134 Å². The van der Waals surface area contributed by atoms with Gasteiger partial charge in [-0.25, -0.2) is 19.7 Å². The van der Waals surface area contributed by atoms with E-state index in [2.05, 4.69) is 30.7 Å². The average molecular weight is 573 g/mol. The number of halogens is 3. The molecule has 4 rings (SSSR count). The van der Waals surface area contributed by atoms with Crippen LogP contribution in [0.2, 0.25) is 0 Å². The molecule has 0 aliphatic heterocycles. The molecule has 0 saturated carbocycles. The van der Waals surface area contributed by atoms with E-state index in [0.717, 1.165) is 31.2 Å². The first-order chi connectivity index (χ1) is 19.5. The molecule has 0 radical (unpaired) electrons. The first-order valence-electron chi connectivity index (χ1n) is 12.3. The number of urea groups is 1. The molecule has 0 fully saturated rings. The second-order valence-corrected chi connectivity index (χ2v) is 9.16. The summed E-state index contributed by atoms with van der Waals surface area (Å²) in [6, 6.07) is 9.32. The van der Waals surface area contributed by atoms with Gasteiger partial charge >= 0.3 is 12.2 Å². The summed E-state index contributed by atoms with van der Waals surface area (Å²) in [4.78, 5) is 25.2. The van der Waals surface area contributed by atoms with Crippen LogP contribution in [0.3, 0.4) is 0 Å². The summed E-state index contributed by atoms with van der Waals surface area (Å²) in [7, 11) is 1.60. The molecule has 11 nitrogen and oxygen atoms in total. The molecule has 0 atom stereocenters. The average Bonchev–Trinajstić information content (AvgIpc) is 3.41. The highest BCUT2D eigenvalue weighted by Gasteiger charge is 2.51. The molecule has 4 aromatic rings. The van der Waals surface area contributed by atoms with Gasteiger partial charge < -0.3 is 24.1 Å². The number of rotatable bonds is 10. The van der Waals surface area contributed by atoms with Crippen molar-refractivity contribution in [2.75, 3.05) is 24.4 Å². The van der Waals surface area contributed by atoms with Crippen molar-refractivity contribution in [3.63, 3.8) is 0 Å². The number of methoxy groups -OCH3 is 1. The van der Waals surface area contributed by atoms with Gasteiger partial charge in [0.05, 0.1) is 37.4 Å². The number of benzene rings is 1. The van der Waals surface area contributed by atoms with Crippen LogP contribution in [-0.2, 0) is 12.0 Å². The van der Waals surface area contributed by atoms with E-state index >= 15 is 0 Å². The van der Waals surface area contributed by atoms with Gasteiger partial charge in [-0.15, -0.1) is 0 Å². The van der Waals surface area contributed by atoms with Crippen molar-refractivity contribution in [3.05, 3.63) is 66.3 Å². The van der Waals surface area contributed by atoms with Gasteiger partial charge in [0.2, 0.25) is 5.88 Å². The smallest absolute Gasteiger partial charge is 0.401 e. The van der Waals surface area contributed by atoms with E-state index in [1.165, 1.54) is 18.6 Å². The number of nitrogens with one attached hydrogen (secondary N) is 2. The number of carbonyl (C=O) groups is 1. The molecule has 0 saturated heterocycles. The molecule has 216 valence electrons. The normalized spacial score (nSPS) is 11.6. The number of hydrogen-bond acceptors (Lipinski definition) is 9. The molecule has 14 heteroatoms. The first-order valence-corrected chi connectivity index (χ1v) is 12.3. The summed E-state index contributed by atoms with van der Waals surface area (Å²) in [6.07, 6.45) is -0.333. The maximum absolute atomic E-state index is 13.2. The number of ether oxygens (including phenoxy) is 3. The predicted molar refractivity (Wildman–Crippen MR) is 142 cm³/mol. The highest BCUT2D eigenvalue weighted by Crippen LogP contribution is 2.41. The van der Waals surface area contributed by atoms with Gasteiger partial charge in [-0.1, -0.05) is 17.3 Å². The van der Waals surface area contributed by atoms with Gasteiger partial charge in [0, 0.05) is 18.3 Å². The second kappa shape index (κ2) is 12.1. The van der Waals surface area contributed by atoms with E-state index in [1.807, 2.05) is 31.2 Å². The van der Waals surface area contributed by atoms with Gasteiger partial charge in [0.1, 0.15) is 23.5 Å². The van der Waals surface area contributed by atoms with Crippen molar-refractivity contribution in [3.8, 4) is 28.8 Å². The van der Waals surface area contributed by atoms with Gasteiger partial charge in [0.25, 0.3) is 0 Å². The summed E-state index contributed by atoms with van der Waals surface area (Å²) < 4.78 is 61.1. The summed E-state index contributed by atoms with van der Waals surface area (Å²) >= 11 is 0. The number of aromatic nitrogens is 4. The van der Waals surface area contributed by atoms with Crippen molar-refractivity contribution in [2.24, 2.45) is 0 Å². The Hall–Kier alpha value is -4.88. The van der Waals surface area contributed by atoms with Crippen LogP contribution in [0.25, 0.3) is 11.4 Å². The molecule has 1 aromatic carbocycles. The maximum atomic E-state index is 13.2. The number of alkyl halides is 3. The molecule has 0 bridgehead atoms. The van der Waals surface area contributed by atoms with E-state index < -0.39 is 23.4 Å². The number of nitrogens with zero attached hydrogens (tertiary/aromatic N) is 4. The fraction of sp³-hybridized carbons (Fsp3) is 0.296. The lowest BCUT2D eigenvalue weighted by Crippen LogP contribution is -2.35. The largest absolute Gasteiger partial charge is 0.497 e. The molecule has 0 unspecified atom stereocenters. The molecule has 41 heavy (non-hydrogen) atoms. The molecular formula is C27H27F3N6O5. The number of pyridine rings is 1. The highest BCUT2D eigenvalue weighted by atomic mass is 19.4. The van der Waals surface area contributed by atoms with Crippen LogP contribution in [0.4, 0.5) is 29.5 Å². The van der Waals surface area contributed by atoms with Crippen LogP contribution in [0.5, 0.6) is 17.4 Å². The van der Waals surface area contributed by atoms with Crippen LogP contribution in [0.1, 0.15) is 32.1 Å². The van der Waals surface area contributed by atoms with Crippen LogP contribution in [-0.4, -0.2) is 46.0 Å². The lowest BCUT2D eigenvalue weighted by molar-refractivity contribution is -0.185. The van der Waals surface area contributed by atoms with Gasteiger partial charge in [-0.2, -0.15) is 13.2 Å². The van der Waals surface area contributed by atoms with Crippen LogP contribution < -0.4 is 24.8 Å². The summed E-state index contributed by atoms with van der Waals surface area (Å²) in [5, 5.41) is 8.28. The standard InChI is InChI=1S/C27H27F3N6O5/c1-5-39-20-10-23(40-15-16-6-8-18(38-4)9-7-16)31-14-19(20)24-32-12-17(13-33-24)34-25(37)35-22-11-21(41-36-22)26(2,3)27(28,29)30/h6-14H,5,15H2,1-4H3,(H2,34,35,36,37). The van der Waals surface area contributed by atoms with Gasteiger partial charge in [-0.05, 0) is 38.5 Å². The number of carbonyl (C=O) groups excluding carboxylic acids is 1. The quantitative estimate of drug-likeness (QED) is 0.235. The Bertz CT molecular complexity index is 1470. The van der Waals surface area contributed by atoms with Crippen LogP contribution in [0, 0.1) is 0 Å². The SMILES string of the molecule is CCOc1cc(OCc2ccc(OC)cc2)ncc1-c1ncc(NC(=O)Nc2cc(C(C)(C)C(F)(F)F)on2)cn1. The first kappa shape index (κ1) is 29.1. The summed E-state index contributed by atoms with van der Waals surface area (Å²) in [5.41, 5.74) is -0.631. The third kappa shape index (κ3) is 7.01. The summed E-state index contributed by atoms with van der Waals surface area (Å²) in [5.74, 6) is 1.20. The molecular weight excluding hydrogens is 545 g/mol. The maximum Gasteiger partial charge on any atom is 0.401 e. The minimum Gasteiger partial charge on any atom is -0.497 e. The zero-order valence-corrected chi connectivity index (χ0v) is 22.6. The monoisotopic (exact) mass is 572 g/mol. The van der Waals surface area contributed by atoms with Crippen LogP contribution >= 0.6 is 0 Å². The zero-order valence-electron chi connectivity index (χ0n) is 22.6. The van der Waals surface area contributed by atoms with E-state index in [9.17, 15) is 18.0 Å². The Morgan fingerprint density at radius 3 is 2.32 bits per heavy atom. The number of anilines is 2. The van der Waals surface area contributed by atoms with Crippen molar-refractivity contribution < 1.29 is 36.7 Å². The predicted octanol–water partition coefficient (Wildman–Crippen LogP) is 6.00. The van der Waals surface area contributed by atoms with Gasteiger partial charge in [0.15, 0.2) is 17.4 Å². The van der Waals surface area contributed by atoms with Crippen molar-refractivity contribution in [2.45, 2.75) is 39.0 Å². The Labute approximate surface area is 233 Å². The molecule has 0 aliphatic rings. The molecule has 2 amide bonds. The lowest BCUT2D eigenvalue weighted by atomic mass is 9.89. The van der Waals surface area contributed by atoms with E-state index in [4.69, 9.17) is 18.7 Å². The Kier molecular flexibility index (Phi) is 8.59. The fourth-order valence-electron chi connectivity index (χ4n) is 3.40. The van der Waals surface area contributed by atoms with Crippen molar-refractivity contribution in [1.82, 2.24) is 20.1 Å². The highest BCUT2D eigenvalue weighted by molar-refractivity contribution is 5.98. The van der Waals surface area contributed by atoms with Gasteiger partial charge in [-0.3, -0.25) is 5.32 Å². The third-order valence-corrected chi connectivity index (χ3v) is 5.91. The molecule has 3 aromatic heterocycles. The van der Waals surface area contributed by atoms with E-state index in [0.29, 0.717) is 23.8 Å². The number of amides is 2. The Balaban J connectivity index is 1.39. The molecule has 3 heterocycles. The van der Waals surface area contributed by atoms with E-state index in [-0.39, 0.29) is 23.9 Å². The van der Waals surface area contributed by atoms with E-state index in [1.54, 1.807) is 13.2 Å². The molecule has 0 aliphatic carbocycles. The fourth-order valence-corrected chi connectivity index (χ4v) is 3.40.